The van der Waals surface area contributed by atoms with Crippen molar-refractivity contribution in [1.29, 1.82) is 0 Å². The lowest BCUT2D eigenvalue weighted by Gasteiger charge is -2.15. The number of nitrogens with two attached hydrogens (primary N) is 1. The van der Waals surface area contributed by atoms with Crippen LogP contribution in [0.5, 0.6) is 0 Å². The Bertz CT molecular complexity index is 854. The molecule has 278 valence electrons. The van der Waals surface area contributed by atoms with Gasteiger partial charge in [-0.15, -0.1) is 0 Å². The van der Waals surface area contributed by atoms with Gasteiger partial charge in [0.2, 0.25) is 5.91 Å². The van der Waals surface area contributed by atoms with Crippen LogP contribution in [-0.4, -0.2) is 41.6 Å². The van der Waals surface area contributed by atoms with E-state index in [-0.39, 0.29) is 18.0 Å². The Balaban J connectivity index is 4.40. The Labute approximate surface area is 295 Å². The van der Waals surface area contributed by atoms with Crippen molar-refractivity contribution in [3.05, 3.63) is 36.5 Å². The molecule has 2 unspecified atom stereocenters. The highest BCUT2D eigenvalue weighted by molar-refractivity contribution is 5.83. The van der Waals surface area contributed by atoms with Gasteiger partial charge in [0.05, 0.1) is 0 Å². The van der Waals surface area contributed by atoms with Crippen molar-refractivity contribution < 1.29 is 24.2 Å². The van der Waals surface area contributed by atoms with E-state index in [2.05, 4.69) is 49.5 Å². The van der Waals surface area contributed by atoms with Crippen LogP contribution in [0.25, 0.3) is 0 Å². The first-order valence-corrected chi connectivity index (χ1v) is 19.8. The molecule has 0 spiro atoms. The van der Waals surface area contributed by atoms with Crippen LogP contribution in [0.4, 0.5) is 0 Å². The van der Waals surface area contributed by atoms with Gasteiger partial charge in [0.1, 0.15) is 12.1 Å². The van der Waals surface area contributed by atoms with Crippen LogP contribution in [0.2, 0.25) is 0 Å². The third-order valence-corrected chi connectivity index (χ3v) is 8.66. The first-order valence-electron chi connectivity index (χ1n) is 19.8. The van der Waals surface area contributed by atoms with Crippen molar-refractivity contribution >= 4 is 17.8 Å². The number of allylic oxidation sites excluding steroid dienone is 5. The minimum atomic E-state index is -1.02. The fourth-order valence-electron chi connectivity index (χ4n) is 5.63. The van der Waals surface area contributed by atoms with E-state index in [0.29, 0.717) is 38.6 Å². The highest BCUT2D eigenvalue weighted by Crippen LogP contribution is 2.15. The molecular formula is C41H74N2O5. The Kier molecular flexibility index (Phi) is 34.1. The number of carbonyl (C=O) groups is 3. The van der Waals surface area contributed by atoms with E-state index in [9.17, 15) is 19.5 Å². The van der Waals surface area contributed by atoms with Gasteiger partial charge in [-0.1, -0.05) is 121 Å². The summed E-state index contributed by atoms with van der Waals surface area (Å²) < 4.78 is 5.89. The number of hydrogen-bond acceptors (Lipinski definition) is 5. The molecule has 0 aromatic heterocycles. The minimum absolute atomic E-state index is 0.114. The van der Waals surface area contributed by atoms with Crippen LogP contribution in [-0.2, 0) is 19.1 Å². The maximum atomic E-state index is 12.7. The van der Waals surface area contributed by atoms with Gasteiger partial charge in [-0.25, -0.2) is 4.79 Å². The molecule has 0 rings (SSSR count). The lowest BCUT2D eigenvalue weighted by atomic mass is 10.1. The Hall–Kier alpha value is -2.41. The van der Waals surface area contributed by atoms with Gasteiger partial charge in [0.25, 0.3) is 0 Å². The Morgan fingerprint density at radius 3 is 1.75 bits per heavy atom. The molecule has 0 fully saturated rings. The van der Waals surface area contributed by atoms with E-state index in [1.165, 1.54) is 77.0 Å². The molecular weight excluding hydrogens is 600 g/mol. The Morgan fingerprint density at radius 1 is 0.625 bits per heavy atom. The summed E-state index contributed by atoms with van der Waals surface area (Å²) in [6.45, 7) is 4.88. The molecule has 0 aliphatic heterocycles. The zero-order valence-electron chi connectivity index (χ0n) is 31.1. The lowest BCUT2D eigenvalue weighted by molar-refractivity contribution is -0.147. The van der Waals surface area contributed by atoms with Gasteiger partial charge in [-0.05, 0) is 96.1 Å². The highest BCUT2D eigenvalue weighted by Gasteiger charge is 2.19. The Morgan fingerprint density at radius 2 is 1.15 bits per heavy atom. The van der Waals surface area contributed by atoms with E-state index in [1.807, 2.05) is 6.08 Å². The number of unbranched alkanes of at least 4 members (excludes halogenated alkanes) is 17. The third kappa shape index (κ3) is 32.2. The molecule has 0 aromatic carbocycles. The number of carboxylic acids is 1. The number of carbonyl (C=O) groups excluding carboxylic acids is 2. The molecule has 1 amide bonds. The summed E-state index contributed by atoms with van der Waals surface area (Å²) in [4.78, 5) is 36.2. The SMILES string of the molecule is CCCCCC/C=C\C/C=C\C(CCCCCCC(=O)NC(CCCN)C(=O)O)OC(=O)CCCCCCC/C=C\CCCCCCC. The predicted octanol–water partition coefficient (Wildman–Crippen LogP) is 10.7. The van der Waals surface area contributed by atoms with Crippen LogP contribution in [0.15, 0.2) is 36.5 Å². The molecule has 0 aliphatic rings. The second-order valence-electron chi connectivity index (χ2n) is 13.3. The highest BCUT2D eigenvalue weighted by atomic mass is 16.5. The summed E-state index contributed by atoms with van der Waals surface area (Å²) in [5.41, 5.74) is 5.47. The summed E-state index contributed by atoms with van der Waals surface area (Å²) in [5.74, 6) is -1.36. The molecule has 0 aliphatic carbocycles. The molecule has 0 radical (unpaired) electrons. The molecule has 2 atom stereocenters. The second kappa shape index (κ2) is 35.9. The fourth-order valence-corrected chi connectivity index (χ4v) is 5.63. The van der Waals surface area contributed by atoms with E-state index in [4.69, 9.17) is 10.5 Å². The summed E-state index contributed by atoms with van der Waals surface area (Å²) >= 11 is 0. The molecule has 0 aromatic rings. The van der Waals surface area contributed by atoms with Crippen molar-refractivity contribution in [2.24, 2.45) is 5.73 Å². The summed E-state index contributed by atoms with van der Waals surface area (Å²) in [5, 5.41) is 11.9. The molecule has 7 nitrogen and oxygen atoms in total. The maximum Gasteiger partial charge on any atom is 0.326 e. The summed E-state index contributed by atoms with van der Waals surface area (Å²) in [6.07, 6.45) is 40.5. The van der Waals surface area contributed by atoms with E-state index < -0.39 is 12.0 Å². The molecule has 4 N–H and O–H groups in total. The number of nitrogens with one attached hydrogen (secondary N) is 1. The van der Waals surface area contributed by atoms with E-state index in [0.717, 1.165) is 64.2 Å². The number of aliphatic carboxylic acids is 1. The lowest BCUT2D eigenvalue weighted by Crippen LogP contribution is -2.40. The van der Waals surface area contributed by atoms with Crippen molar-refractivity contribution in [2.45, 2.75) is 199 Å². The zero-order chi connectivity index (χ0) is 35.3. The van der Waals surface area contributed by atoms with E-state index in [1.54, 1.807) is 0 Å². The van der Waals surface area contributed by atoms with Crippen molar-refractivity contribution in [3.8, 4) is 0 Å². The number of hydrogen-bond donors (Lipinski definition) is 3. The number of carboxylic acid groups (broad SMARTS) is 1. The number of rotatable bonds is 35. The van der Waals surface area contributed by atoms with E-state index >= 15 is 0 Å². The third-order valence-electron chi connectivity index (χ3n) is 8.66. The average molecular weight is 675 g/mol. The first kappa shape index (κ1) is 45.6. The summed E-state index contributed by atoms with van der Waals surface area (Å²) in [6, 6.07) is -0.874. The van der Waals surface area contributed by atoms with Gasteiger partial charge in [0.15, 0.2) is 0 Å². The molecule has 0 bridgehead atoms. The van der Waals surface area contributed by atoms with Gasteiger partial charge in [-0.3, -0.25) is 9.59 Å². The number of amides is 1. The topological polar surface area (TPSA) is 119 Å². The van der Waals surface area contributed by atoms with Gasteiger partial charge >= 0.3 is 11.9 Å². The smallest absolute Gasteiger partial charge is 0.326 e. The minimum Gasteiger partial charge on any atom is -0.480 e. The molecule has 0 heterocycles. The van der Waals surface area contributed by atoms with Crippen molar-refractivity contribution in [2.75, 3.05) is 6.54 Å². The largest absolute Gasteiger partial charge is 0.480 e. The van der Waals surface area contributed by atoms with Crippen LogP contribution in [0, 0.1) is 0 Å². The number of esters is 1. The quantitative estimate of drug-likeness (QED) is 0.0350. The van der Waals surface area contributed by atoms with Gasteiger partial charge in [0, 0.05) is 12.8 Å². The van der Waals surface area contributed by atoms with Gasteiger partial charge in [-0.2, -0.15) is 0 Å². The number of ether oxygens (including phenoxy) is 1. The van der Waals surface area contributed by atoms with Crippen molar-refractivity contribution in [3.63, 3.8) is 0 Å². The molecule has 0 saturated heterocycles. The second-order valence-corrected chi connectivity index (χ2v) is 13.3. The van der Waals surface area contributed by atoms with Gasteiger partial charge < -0.3 is 20.9 Å². The van der Waals surface area contributed by atoms with Crippen molar-refractivity contribution in [1.82, 2.24) is 5.32 Å². The molecule has 48 heavy (non-hydrogen) atoms. The summed E-state index contributed by atoms with van der Waals surface area (Å²) in [7, 11) is 0. The van der Waals surface area contributed by atoms with Crippen LogP contribution < -0.4 is 11.1 Å². The first-order chi connectivity index (χ1) is 23.4. The molecule has 7 heteroatoms. The predicted molar refractivity (Wildman–Crippen MR) is 202 cm³/mol. The monoisotopic (exact) mass is 675 g/mol. The molecule has 0 saturated carbocycles. The standard InChI is InChI=1S/C41H74N2O5/c1-3-5-7-9-11-13-14-15-16-17-19-21-23-29-35-40(45)48-37(31-26-22-20-18-12-10-8-6-4-2)32-27-24-25-28-34-39(44)43-38(41(46)47)33-30-36-42/h14-15,18,20,26,31,37-38H,3-13,16-17,19,21-25,27-30,32-36,42H2,1-2H3,(H,43,44)(H,46,47)/b15-14-,20-18-,31-26-. The van der Waals surface area contributed by atoms with Crippen LogP contribution in [0.3, 0.4) is 0 Å². The maximum absolute atomic E-state index is 12.7. The average Bonchev–Trinajstić information content (AvgIpc) is 3.07. The fraction of sp³-hybridized carbons (Fsp3) is 0.780. The van der Waals surface area contributed by atoms with Crippen LogP contribution >= 0.6 is 0 Å². The zero-order valence-corrected chi connectivity index (χ0v) is 31.1. The van der Waals surface area contributed by atoms with Crippen LogP contribution in [0.1, 0.15) is 187 Å². The normalized spacial score (nSPS) is 13.1.